The van der Waals surface area contributed by atoms with Gasteiger partial charge in [0.1, 0.15) is 5.75 Å². The zero-order valence-corrected chi connectivity index (χ0v) is 9.84. The SMILES string of the molecule is CC(=O)c1ccc2c(c1)S(=O)CC(=O)N2C. The highest BCUT2D eigenvalue weighted by molar-refractivity contribution is 7.86. The molecule has 2 rings (SSSR count). The van der Waals surface area contributed by atoms with Crippen LogP contribution in [0, 0.1) is 0 Å². The van der Waals surface area contributed by atoms with Crippen molar-refractivity contribution in [2.45, 2.75) is 11.8 Å². The number of amides is 1. The molecule has 0 spiro atoms. The molecule has 1 atom stereocenters. The summed E-state index contributed by atoms with van der Waals surface area (Å²) in [4.78, 5) is 24.7. The van der Waals surface area contributed by atoms with Gasteiger partial charge in [0.15, 0.2) is 5.78 Å². The molecule has 1 amide bonds. The molecule has 0 saturated carbocycles. The van der Waals surface area contributed by atoms with Crippen LogP contribution in [0.5, 0.6) is 0 Å². The number of nitrogens with zero attached hydrogens (tertiary/aromatic N) is 1. The summed E-state index contributed by atoms with van der Waals surface area (Å²) in [6.07, 6.45) is 0. The summed E-state index contributed by atoms with van der Waals surface area (Å²) in [7, 11) is 0.308. The summed E-state index contributed by atoms with van der Waals surface area (Å²) in [6, 6.07) is 4.92. The lowest BCUT2D eigenvalue weighted by atomic mass is 10.1. The molecule has 1 aliphatic rings. The largest absolute Gasteiger partial charge is 0.313 e. The minimum absolute atomic E-state index is 0.00907. The molecular formula is C11H11NO3S. The minimum atomic E-state index is -1.34. The molecule has 1 unspecified atom stereocenters. The van der Waals surface area contributed by atoms with Crippen molar-refractivity contribution >= 4 is 28.2 Å². The van der Waals surface area contributed by atoms with Crippen LogP contribution < -0.4 is 4.90 Å². The monoisotopic (exact) mass is 237 g/mol. The Hall–Kier alpha value is -1.49. The average Bonchev–Trinajstić information content (AvgIpc) is 2.25. The molecule has 4 nitrogen and oxygen atoms in total. The summed E-state index contributed by atoms with van der Waals surface area (Å²) >= 11 is 0. The molecular weight excluding hydrogens is 226 g/mol. The summed E-state index contributed by atoms with van der Waals surface area (Å²) in [5.41, 5.74) is 1.15. The lowest BCUT2D eigenvalue weighted by Gasteiger charge is -2.25. The van der Waals surface area contributed by atoms with E-state index >= 15 is 0 Å². The highest BCUT2D eigenvalue weighted by Gasteiger charge is 2.26. The van der Waals surface area contributed by atoms with Crippen molar-refractivity contribution in [3.8, 4) is 0 Å². The van der Waals surface area contributed by atoms with E-state index in [0.717, 1.165) is 0 Å². The number of fused-ring (bicyclic) bond motifs is 1. The number of benzene rings is 1. The van der Waals surface area contributed by atoms with E-state index in [4.69, 9.17) is 0 Å². The van der Waals surface area contributed by atoms with Crippen LogP contribution in [0.4, 0.5) is 5.69 Å². The topological polar surface area (TPSA) is 54.5 Å². The van der Waals surface area contributed by atoms with Gasteiger partial charge in [-0.2, -0.15) is 0 Å². The van der Waals surface area contributed by atoms with E-state index in [9.17, 15) is 13.8 Å². The van der Waals surface area contributed by atoms with Crippen LogP contribution in [0.2, 0.25) is 0 Å². The molecule has 1 aliphatic heterocycles. The number of carbonyl (C=O) groups is 2. The van der Waals surface area contributed by atoms with Crippen LogP contribution >= 0.6 is 0 Å². The molecule has 0 N–H and O–H groups in total. The minimum Gasteiger partial charge on any atom is -0.313 e. The van der Waals surface area contributed by atoms with Gasteiger partial charge in [-0.15, -0.1) is 0 Å². The second kappa shape index (κ2) is 3.83. The normalized spacial score (nSPS) is 19.5. The Morgan fingerprint density at radius 1 is 1.44 bits per heavy atom. The summed E-state index contributed by atoms with van der Waals surface area (Å²) in [6.45, 7) is 1.46. The third kappa shape index (κ3) is 1.67. The molecule has 1 heterocycles. The molecule has 0 saturated heterocycles. The van der Waals surface area contributed by atoms with Crippen molar-refractivity contribution in [3.63, 3.8) is 0 Å². The average molecular weight is 237 g/mol. The van der Waals surface area contributed by atoms with Gasteiger partial charge in [-0.1, -0.05) is 0 Å². The van der Waals surface area contributed by atoms with E-state index in [0.29, 0.717) is 16.1 Å². The van der Waals surface area contributed by atoms with Gasteiger partial charge < -0.3 is 4.90 Å². The van der Waals surface area contributed by atoms with Crippen molar-refractivity contribution in [2.75, 3.05) is 17.7 Å². The molecule has 0 radical (unpaired) electrons. The highest BCUT2D eigenvalue weighted by atomic mass is 32.2. The second-order valence-corrected chi connectivity index (χ2v) is 5.10. The summed E-state index contributed by atoms with van der Waals surface area (Å²) in [5, 5.41) is 0. The number of rotatable bonds is 1. The molecule has 16 heavy (non-hydrogen) atoms. The maximum atomic E-state index is 11.8. The van der Waals surface area contributed by atoms with E-state index < -0.39 is 10.8 Å². The highest BCUT2D eigenvalue weighted by Crippen LogP contribution is 2.28. The number of anilines is 1. The fourth-order valence-electron chi connectivity index (χ4n) is 1.61. The molecule has 1 aromatic carbocycles. The van der Waals surface area contributed by atoms with E-state index in [1.807, 2.05) is 0 Å². The fraction of sp³-hybridized carbons (Fsp3) is 0.273. The predicted octanol–water partition coefficient (Wildman–Crippen LogP) is 0.973. The molecule has 0 aromatic heterocycles. The molecule has 84 valence electrons. The molecule has 1 aromatic rings. The van der Waals surface area contributed by atoms with Gasteiger partial charge in [-0.05, 0) is 25.1 Å². The van der Waals surface area contributed by atoms with Crippen LogP contribution in [-0.4, -0.2) is 28.7 Å². The number of carbonyl (C=O) groups excluding carboxylic acids is 2. The Morgan fingerprint density at radius 3 is 2.75 bits per heavy atom. The Balaban J connectivity index is 2.58. The molecule has 0 bridgehead atoms. The first-order valence-electron chi connectivity index (χ1n) is 4.80. The van der Waals surface area contributed by atoms with Crippen molar-refractivity contribution in [2.24, 2.45) is 0 Å². The zero-order valence-electron chi connectivity index (χ0n) is 9.02. The number of hydrogen-bond donors (Lipinski definition) is 0. The first kappa shape index (κ1) is 11.0. The zero-order chi connectivity index (χ0) is 11.9. The lowest BCUT2D eigenvalue weighted by molar-refractivity contribution is -0.116. The van der Waals surface area contributed by atoms with E-state index in [1.54, 1.807) is 25.2 Å². The van der Waals surface area contributed by atoms with Gasteiger partial charge in [0.05, 0.1) is 21.4 Å². The lowest BCUT2D eigenvalue weighted by Crippen LogP contribution is -2.35. The molecule has 0 aliphatic carbocycles. The Kier molecular flexibility index (Phi) is 2.63. The third-order valence-corrected chi connectivity index (χ3v) is 3.93. The van der Waals surface area contributed by atoms with Crippen LogP contribution in [-0.2, 0) is 15.6 Å². The second-order valence-electron chi connectivity index (χ2n) is 3.68. The first-order valence-corrected chi connectivity index (χ1v) is 6.12. The maximum absolute atomic E-state index is 11.8. The van der Waals surface area contributed by atoms with Crippen molar-refractivity contribution in [1.29, 1.82) is 0 Å². The maximum Gasteiger partial charge on any atom is 0.239 e. The van der Waals surface area contributed by atoms with Gasteiger partial charge in [-0.25, -0.2) is 0 Å². The van der Waals surface area contributed by atoms with Gasteiger partial charge in [0.25, 0.3) is 0 Å². The summed E-state index contributed by atoms with van der Waals surface area (Å²) < 4.78 is 11.8. The van der Waals surface area contributed by atoms with Crippen molar-refractivity contribution in [3.05, 3.63) is 23.8 Å². The molecule has 5 heteroatoms. The number of Topliss-reactive ketones (excluding diaryl/α,β-unsaturated/α-hetero) is 1. The van der Waals surface area contributed by atoms with Crippen LogP contribution in [0.3, 0.4) is 0 Å². The van der Waals surface area contributed by atoms with Crippen LogP contribution in [0.15, 0.2) is 23.1 Å². The van der Waals surface area contributed by atoms with Crippen molar-refractivity contribution in [1.82, 2.24) is 0 Å². The van der Waals surface area contributed by atoms with Gasteiger partial charge in [-0.3, -0.25) is 13.8 Å². The molecule has 0 fully saturated rings. The third-order valence-electron chi connectivity index (χ3n) is 2.60. The Bertz CT molecular complexity index is 510. The Labute approximate surface area is 95.7 Å². The van der Waals surface area contributed by atoms with E-state index in [1.165, 1.54) is 11.8 Å². The van der Waals surface area contributed by atoms with Gasteiger partial charge >= 0.3 is 0 Å². The Morgan fingerprint density at radius 2 is 2.12 bits per heavy atom. The smallest absolute Gasteiger partial charge is 0.239 e. The van der Waals surface area contributed by atoms with Crippen molar-refractivity contribution < 1.29 is 13.8 Å². The quantitative estimate of drug-likeness (QED) is 0.684. The predicted molar refractivity (Wildman–Crippen MR) is 61.1 cm³/mol. The van der Waals surface area contributed by atoms with Gasteiger partial charge in [0, 0.05) is 12.6 Å². The number of ketones is 1. The first-order chi connectivity index (χ1) is 7.50. The van der Waals surface area contributed by atoms with Gasteiger partial charge in [0.2, 0.25) is 5.91 Å². The van der Waals surface area contributed by atoms with Crippen LogP contribution in [0.1, 0.15) is 17.3 Å². The van der Waals surface area contributed by atoms with Crippen LogP contribution in [0.25, 0.3) is 0 Å². The number of hydrogen-bond acceptors (Lipinski definition) is 3. The van der Waals surface area contributed by atoms with E-state index in [-0.39, 0.29) is 17.4 Å². The van der Waals surface area contributed by atoms with E-state index in [2.05, 4.69) is 0 Å². The standard InChI is InChI=1S/C11H11NO3S/c1-7(13)8-3-4-9-10(5-8)16(15)6-11(14)12(9)2/h3-5H,6H2,1-2H3. The summed E-state index contributed by atoms with van der Waals surface area (Å²) in [5.74, 6) is -0.244. The fourth-order valence-corrected chi connectivity index (χ4v) is 2.88.